The Hall–Kier alpha value is -1.40. The monoisotopic (exact) mass is 483 g/mol. The number of piperazine rings is 1. The van der Waals surface area contributed by atoms with E-state index in [0.29, 0.717) is 6.54 Å². The summed E-state index contributed by atoms with van der Waals surface area (Å²) in [5, 5.41) is 13.5. The molecule has 5 rings (SSSR count). The fraction of sp³-hybridized carbons (Fsp3) is 0.538. The van der Waals surface area contributed by atoms with Crippen molar-refractivity contribution in [1.82, 2.24) is 14.4 Å². The Morgan fingerprint density at radius 1 is 0.839 bits per heavy atom. The molecule has 0 spiro atoms. The van der Waals surface area contributed by atoms with Crippen molar-refractivity contribution in [2.75, 3.05) is 39.3 Å². The van der Waals surface area contributed by atoms with Gasteiger partial charge >= 0.3 is 0 Å². The van der Waals surface area contributed by atoms with Crippen LogP contribution in [-0.4, -0.2) is 64.8 Å². The minimum absolute atomic E-state index is 0.368. The third kappa shape index (κ3) is 4.85. The van der Waals surface area contributed by atoms with Gasteiger partial charge in [0.1, 0.15) is 0 Å². The van der Waals surface area contributed by atoms with Crippen LogP contribution in [0.1, 0.15) is 32.1 Å². The molecule has 1 unspecified atom stereocenters. The van der Waals surface area contributed by atoms with Crippen molar-refractivity contribution in [3.63, 3.8) is 0 Å². The number of para-hydroxylation sites is 1. The van der Waals surface area contributed by atoms with Gasteiger partial charge in [-0.1, -0.05) is 53.4 Å². The highest BCUT2D eigenvalue weighted by molar-refractivity contribution is 9.10. The molecule has 31 heavy (non-hydrogen) atoms. The van der Waals surface area contributed by atoms with Gasteiger partial charge < -0.3 is 14.6 Å². The molecule has 0 amide bonds. The molecule has 1 saturated heterocycles. The molecule has 1 aliphatic heterocycles. The van der Waals surface area contributed by atoms with Crippen LogP contribution in [0.5, 0.6) is 0 Å². The normalized spacial score (nSPS) is 20.6. The summed E-state index contributed by atoms with van der Waals surface area (Å²) < 4.78 is 3.38. The topological polar surface area (TPSA) is 31.6 Å². The molecule has 1 atom stereocenters. The average Bonchev–Trinajstić information content (AvgIpc) is 3.09. The molecule has 5 heteroatoms. The highest BCUT2D eigenvalue weighted by Gasteiger charge is 2.23. The van der Waals surface area contributed by atoms with Crippen molar-refractivity contribution in [2.45, 2.75) is 44.8 Å². The lowest BCUT2D eigenvalue weighted by Gasteiger charge is -2.38. The Balaban J connectivity index is 1.21. The van der Waals surface area contributed by atoms with Gasteiger partial charge in [0.05, 0.1) is 12.6 Å². The first kappa shape index (κ1) is 21.4. The summed E-state index contributed by atoms with van der Waals surface area (Å²) in [7, 11) is 0. The van der Waals surface area contributed by atoms with Gasteiger partial charge in [-0.05, 0) is 43.0 Å². The van der Waals surface area contributed by atoms with E-state index in [9.17, 15) is 5.11 Å². The molecule has 4 nitrogen and oxygen atoms in total. The van der Waals surface area contributed by atoms with Crippen LogP contribution in [0.25, 0.3) is 21.8 Å². The van der Waals surface area contributed by atoms with Gasteiger partial charge in [-0.3, -0.25) is 4.90 Å². The smallest absolute Gasteiger partial charge is 0.0845 e. The van der Waals surface area contributed by atoms with Crippen molar-refractivity contribution in [1.29, 1.82) is 0 Å². The molecule has 166 valence electrons. The largest absolute Gasteiger partial charge is 0.390 e. The highest BCUT2D eigenvalue weighted by atomic mass is 79.9. The van der Waals surface area contributed by atoms with Gasteiger partial charge in [-0.15, -0.1) is 0 Å². The summed E-state index contributed by atoms with van der Waals surface area (Å²) in [4.78, 5) is 5.11. The molecule has 1 saturated carbocycles. The van der Waals surface area contributed by atoms with Crippen LogP contribution in [0.15, 0.2) is 46.9 Å². The van der Waals surface area contributed by atoms with Crippen LogP contribution in [-0.2, 0) is 6.54 Å². The van der Waals surface area contributed by atoms with E-state index in [2.05, 4.69) is 72.8 Å². The predicted molar refractivity (Wildman–Crippen MR) is 133 cm³/mol. The van der Waals surface area contributed by atoms with Crippen molar-refractivity contribution < 1.29 is 5.11 Å². The zero-order chi connectivity index (χ0) is 21.2. The zero-order valence-electron chi connectivity index (χ0n) is 18.3. The molecule has 1 aliphatic carbocycles. The first-order chi connectivity index (χ1) is 15.2. The third-order valence-electron chi connectivity index (χ3n) is 7.30. The molecule has 0 radical (unpaired) electrons. The number of hydrogen-bond acceptors (Lipinski definition) is 3. The Kier molecular flexibility index (Phi) is 6.65. The van der Waals surface area contributed by atoms with E-state index in [1.807, 2.05) is 0 Å². The van der Waals surface area contributed by atoms with Gasteiger partial charge in [0.2, 0.25) is 0 Å². The minimum Gasteiger partial charge on any atom is -0.390 e. The SMILES string of the molecule is OC(CN1CCN(CC2CCCCC2)CC1)Cn1c2ccccc2c2cc(Br)ccc21. The van der Waals surface area contributed by atoms with Crippen molar-refractivity contribution in [3.8, 4) is 0 Å². The molecule has 0 bridgehead atoms. The molecule has 2 aliphatic rings. The van der Waals surface area contributed by atoms with Crippen LogP contribution in [0.4, 0.5) is 0 Å². The molecule has 2 heterocycles. The number of aliphatic hydroxyl groups excluding tert-OH is 1. The highest BCUT2D eigenvalue weighted by Crippen LogP contribution is 2.31. The van der Waals surface area contributed by atoms with E-state index in [0.717, 1.165) is 43.1 Å². The minimum atomic E-state index is -0.368. The van der Waals surface area contributed by atoms with E-state index in [4.69, 9.17) is 0 Å². The number of nitrogens with zero attached hydrogens (tertiary/aromatic N) is 3. The molecule has 1 aromatic heterocycles. The van der Waals surface area contributed by atoms with Crippen LogP contribution < -0.4 is 0 Å². The number of benzene rings is 2. The van der Waals surface area contributed by atoms with E-state index >= 15 is 0 Å². The summed E-state index contributed by atoms with van der Waals surface area (Å²) in [5.41, 5.74) is 2.40. The number of halogens is 1. The summed E-state index contributed by atoms with van der Waals surface area (Å²) in [6.45, 7) is 7.11. The van der Waals surface area contributed by atoms with E-state index in [1.54, 1.807) is 0 Å². The predicted octanol–water partition coefficient (Wildman–Crippen LogP) is 5.12. The van der Waals surface area contributed by atoms with Gasteiger partial charge in [-0.2, -0.15) is 0 Å². The Bertz CT molecular complexity index is 1020. The van der Waals surface area contributed by atoms with Gasteiger partial charge in [0.15, 0.2) is 0 Å². The fourth-order valence-electron chi connectivity index (χ4n) is 5.68. The number of hydrogen-bond donors (Lipinski definition) is 1. The van der Waals surface area contributed by atoms with Crippen molar-refractivity contribution in [2.24, 2.45) is 5.92 Å². The summed E-state index contributed by atoms with van der Waals surface area (Å²) in [6.07, 6.45) is 6.77. The van der Waals surface area contributed by atoms with Crippen LogP contribution in [0, 0.1) is 5.92 Å². The second kappa shape index (κ2) is 9.62. The van der Waals surface area contributed by atoms with Crippen LogP contribution in [0.3, 0.4) is 0 Å². The lowest BCUT2D eigenvalue weighted by Crippen LogP contribution is -2.50. The quantitative estimate of drug-likeness (QED) is 0.528. The lowest BCUT2D eigenvalue weighted by atomic mass is 9.89. The van der Waals surface area contributed by atoms with Crippen molar-refractivity contribution >= 4 is 37.7 Å². The second-order valence-corrected chi connectivity index (χ2v) is 10.5. The van der Waals surface area contributed by atoms with Gasteiger partial charge in [0, 0.05) is 65.5 Å². The summed E-state index contributed by atoms with van der Waals surface area (Å²) in [5.74, 6) is 0.918. The number of β-amino-alcohol motifs (C(OH)–C–C–N with tert-alkyl or cyclic N) is 1. The molecule has 1 N–H and O–H groups in total. The van der Waals surface area contributed by atoms with Crippen LogP contribution >= 0.6 is 15.9 Å². The van der Waals surface area contributed by atoms with E-state index in [1.165, 1.54) is 60.5 Å². The maximum Gasteiger partial charge on any atom is 0.0845 e. The number of rotatable bonds is 6. The fourth-order valence-corrected chi connectivity index (χ4v) is 6.04. The maximum absolute atomic E-state index is 11.0. The van der Waals surface area contributed by atoms with E-state index in [-0.39, 0.29) is 6.10 Å². The molecule has 3 aromatic rings. The number of aliphatic hydroxyl groups is 1. The standard InChI is InChI=1S/C26H34BrN3O/c27-21-10-11-26-24(16-21)23-8-4-5-9-25(23)30(26)19-22(31)18-29-14-12-28(13-15-29)17-20-6-2-1-3-7-20/h4-5,8-11,16,20,22,31H,1-3,6-7,12-15,17-19H2. The Labute approximate surface area is 193 Å². The maximum atomic E-state index is 11.0. The molecular formula is C26H34BrN3O. The average molecular weight is 484 g/mol. The summed E-state index contributed by atoms with van der Waals surface area (Å²) in [6, 6.07) is 15.0. The number of fused-ring (bicyclic) bond motifs is 3. The van der Waals surface area contributed by atoms with Gasteiger partial charge in [-0.25, -0.2) is 0 Å². The first-order valence-electron chi connectivity index (χ1n) is 12.0. The Morgan fingerprint density at radius 3 is 2.35 bits per heavy atom. The zero-order valence-corrected chi connectivity index (χ0v) is 19.9. The molecule has 2 fully saturated rings. The Morgan fingerprint density at radius 2 is 1.55 bits per heavy atom. The van der Waals surface area contributed by atoms with Crippen molar-refractivity contribution in [3.05, 3.63) is 46.9 Å². The first-order valence-corrected chi connectivity index (χ1v) is 12.8. The third-order valence-corrected chi connectivity index (χ3v) is 7.80. The molecular weight excluding hydrogens is 450 g/mol. The van der Waals surface area contributed by atoms with Crippen LogP contribution in [0.2, 0.25) is 0 Å². The number of aromatic nitrogens is 1. The summed E-state index contributed by atoms with van der Waals surface area (Å²) >= 11 is 3.61. The lowest BCUT2D eigenvalue weighted by molar-refractivity contribution is 0.0584. The molecule has 2 aromatic carbocycles. The second-order valence-electron chi connectivity index (χ2n) is 9.55. The van der Waals surface area contributed by atoms with E-state index < -0.39 is 0 Å². The van der Waals surface area contributed by atoms with Gasteiger partial charge in [0.25, 0.3) is 0 Å².